The van der Waals surface area contributed by atoms with Crippen molar-refractivity contribution in [3.05, 3.63) is 0 Å². The van der Waals surface area contributed by atoms with E-state index in [1.807, 2.05) is 0 Å². The van der Waals surface area contributed by atoms with Gasteiger partial charge in [0.2, 0.25) is 0 Å². The SMILES string of the molecule is CNC(CCN1CCCCC1)C(=O)O. The van der Waals surface area contributed by atoms with Crippen molar-refractivity contribution in [1.29, 1.82) is 0 Å². The summed E-state index contributed by atoms with van der Waals surface area (Å²) in [5, 5.41) is 11.6. The maximum atomic E-state index is 10.7. The van der Waals surface area contributed by atoms with Gasteiger partial charge in [-0.05, 0) is 39.4 Å². The van der Waals surface area contributed by atoms with Crippen LogP contribution in [0.3, 0.4) is 0 Å². The molecule has 1 aliphatic heterocycles. The zero-order valence-electron chi connectivity index (χ0n) is 8.83. The molecule has 0 aromatic heterocycles. The molecule has 1 fully saturated rings. The number of hydrogen-bond acceptors (Lipinski definition) is 3. The van der Waals surface area contributed by atoms with Crippen LogP contribution in [0.4, 0.5) is 0 Å². The van der Waals surface area contributed by atoms with Crippen LogP contribution in [-0.4, -0.2) is 48.7 Å². The molecular formula is C10H20N2O2. The average molecular weight is 200 g/mol. The first kappa shape index (κ1) is 11.5. The molecule has 1 rings (SSSR count). The predicted molar refractivity (Wildman–Crippen MR) is 55.4 cm³/mol. The molecule has 1 heterocycles. The van der Waals surface area contributed by atoms with Gasteiger partial charge in [0.25, 0.3) is 0 Å². The maximum absolute atomic E-state index is 10.7. The van der Waals surface area contributed by atoms with E-state index in [2.05, 4.69) is 10.2 Å². The lowest BCUT2D eigenvalue weighted by molar-refractivity contribution is -0.139. The van der Waals surface area contributed by atoms with Crippen molar-refractivity contribution in [1.82, 2.24) is 10.2 Å². The van der Waals surface area contributed by atoms with Crippen LogP contribution in [0.25, 0.3) is 0 Å². The minimum Gasteiger partial charge on any atom is -0.480 e. The summed E-state index contributed by atoms with van der Waals surface area (Å²) in [5.74, 6) is -0.746. The Morgan fingerprint density at radius 2 is 2.07 bits per heavy atom. The van der Waals surface area contributed by atoms with Crippen LogP contribution in [0.2, 0.25) is 0 Å². The largest absolute Gasteiger partial charge is 0.480 e. The topological polar surface area (TPSA) is 52.6 Å². The molecule has 0 aromatic rings. The number of carbonyl (C=O) groups is 1. The van der Waals surface area contributed by atoms with Gasteiger partial charge in [-0.25, -0.2) is 0 Å². The fraction of sp³-hybridized carbons (Fsp3) is 0.900. The highest BCUT2D eigenvalue weighted by molar-refractivity contribution is 5.73. The Kier molecular flexibility index (Phi) is 4.90. The molecule has 4 nitrogen and oxygen atoms in total. The average Bonchev–Trinajstić information content (AvgIpc) is 2.20. The second kappa shape index (κ2) is 5.98. The van der Waals surface area contributed by atoms with Gasteiger partial charge < -0.3 is 15.3 Å². The number of aliphatic carboxylic acids is 1. The number of nitrogens with zero attached hydrogens (tertiary/aromatic N) is 1. The molecule has 82 valence electrons. The molecule has 0 amide bonds. The van der Waals surface area contributed by atoms with E-state index < -0.39 is 12.0 Å². The fourth-order valence-corrected chi connectivity index (χ4v) is 1.89. The molecule has 1 atom stereocenters. The summed E-state index contributed by atoms with van der Waals surface area (Å²) in [6, 6.07) is -0.392. The van der Waals surface area contributed by atoms with Crippen molar-refractivity contribution in [3.8, 4) is 0 Å². The highest BCUT2D eigenvalue weighted by Gasteiger charge is 2.17. The Morgan fingerprint density at radius 3 is 2.57 bits per heavy atom. The van der Waals surface area contributed by atoms with Crippen molar-refractivity contribution in [2.24, 2.45) is 0 Å². The Morgan fingerprint density at radius 1 is 1.43 bits per heavy atom. The fourth-order valence-electron chi connectivity index (χ4n) is 1.89. The zero-order valence-corrected chi connectivity index (χ0v) is 8.83. The Hall–Kier alpha value is -0.610. The second-order valence-electron chi connectivity index (χ2n) is 3.87. The molecule has 1 aliphatic rings. The van der Waals surface area contributed by atoms with E-state index in [1.165, 1.54) is 19.3 Å². The standard InChI is InChI=1S/C10H20N2O2/c1-11-9(10(13)14)5-8-12-6-3-2-4-7-12/h9,11H,2-8H2,1H3,(H,13,14). The van der Waals surface area contributed by atoms with E-state index >= 15 is 0 Å². The van der Waals surface area contributed by atoms with Gasteiger partial charge in [0, 0.05) is 6.54 Å². The second-order valence-corrected chi connectivity index (χ2v) is 3.87. The van der Waals surface area contributed by atoms with Crippen molar-refractivity contribution in [3.63, 3.8) is 0 Å². The van der Waals surface area contributed by atoms with E-state index in [-0.39, 0.29) is 0 Å². The van der Waals surface area contributed by atoms with Gasteiger partial charge in [0.05, 0.1) is 0 Å². The lowest BCUT2D eigenvalue weighted by atomic mass is 10.1. The number of nitrogens with one attached hydrogen (secondary N) is 1. The van der Waals surface area contributed by atoms with Crippen LogP contribution in [0.5, 0.6) is 0 Å². The third-order valence-corrected chi connectivity index (χ3v) is 2.83. The summed E-state index contributed by atoms with van der Waals surface area (Å²) in [5.41, 5.74) is 0. The van der Waals surface area contributed by atoms with Crippen molar-refractivity contribution in [2.45, 2.75) is 31.7 Å². The molecule has 0 radical (unpaired) electrons. The van der Waals surface area contributed by atoms with E-state index in [0.717, 1.165) is 19.6 Å². The normalized spacial score (nSPS) is 20.6. The third kappa shape index (κ3) is 3.64. The first-order valence-corrected chi connectivity index (χ1v) is 5.36. The smallest absolute Gasteiger partial charge is 0.320 e. The van der Waals surface area contributed by atoms with Crippen LogP contribution < -0.4 is 5.32 Å². The number of hydrogen-bond donors (Lipinski definition) is 2. The maximum Gasteiger partial charge on any atom is 0.320 e. The van der Waals surface area contributed by atoms with Gasteiger partial charge >= 0.3 is 5.97 Å². The van der Waals surface area contributed by atoms with E-state index in [1.54, 1.807) is 7.05 Å². The van der Waals surface area contributed by atoms with Crippen LogP contribution in [0.1, 0.15) is 25.7 Å². The van der Waals surface area contributed by atoms with E-state index in [4.69, 9.17) is 5.11 Å². The molecule has 14 heavy (non-hydrogen) atoms. The minimum atomic E-state index is -0.746. The summed E-state index contributed by atoms with van der Waals surface area (Å²) >= 11 is 0. The highest BCUT2D eigenvalue weighted by Crippen LogP contribution is 2.09. The summed E-state index contributed by atoms with van der Waals surface area (Å²) in [7, 11) is 1.70. The molecule has 0 aromatic carbocycles. The number of likely N-dealkylation sites (tertiary alicyclic amines) is 1. The van der Waals surface area contributed by atoms with Crippen LogP contribution in [0, 0.1) is 0 Å². The van der Waals surface area contributed by atoms with Crippen LogP contribution in [-0.2, 0) is 4.79 Å². The number of carboxylic acids is 1. The Balaban J connectivity index is 2.20. The number of carboxylic acid groups (broad SMARTS) is 1. The predicted octanol–water partition coefficient (Wildman–Crippen LogP) is 0.535. The van der Waals surface area contributed by atoms with Crippen LogP contribution >= 0.6 is 0 Å². The van der Waals surface area contributed by atoms with Crippen molar-refractivity contribution < 1.29 is 9.90 Å². The summed E-state index contributed by atoms with van der Waals surface area (Å²) < 4.78 is 0. The van der Waals surface area contributed by atoms with Crippen LogP contribution in [0.15, 0.2) is 0 Å². The zero-order chi connectivity index (χ0) is 10.4. The highest BCUT2D eigenvalue weighted by atomic mass is 16.4. The summed E-state index contributed by atoms with van der Waals surface area (Å²) in [4.78, 5) is 13.1. The Bertz CT molecular complexity index is 179. The molecule has 0 bridgehead atoms. The molecule has 0 saturated carbocycles. The molecule has 1 saturated heterocycles. The first-order chi connectivity index (χ1) is 6.74. The van der Waals surface area contributed by atoms with Gasteiger partial charge in [-0.15, -0.1) is 0 Å². The van der Waals surface area contributed by atoms with Gasteiger partial charge in [-0.1, -0.05) is 6.42 Å². The first-order valence-electron chi connectivity index (χ1n) is 5.36. The van der Waals surface area contributed by atoms with E-state index in [9.17, 15) is 4.79 Å². The lowest BCUT2D eigenvalue weighted by Crippen LogP contribution is -2.39. The molecule has 4 heteroatoms. The number of likely N-dealkylation sites (N-methyl/N-ethyl adjacent to an activating group) is 1. The minimum absolute atomic E-state index is 0.392. The quantitative estimate of drug-likeness (QED) is 0.680. The summed E-state index contributed by atoms with van der Waals surface area (Å²) in [6.07, 6.45) is 4.55. The van der Waals surface area contributed by atoms with Gasteiger partial charge in [-0.3, -0.25) is 4.79 Å². The monoisotopic (exact) mass is 200 g/mol. The number of rotatable bonds is 5. The Labute approximate surface area is 85.3 Å². The molecular weight excluding hydrogens is 180 g/mol. The molecule has 2 N–H and O–H groups in total. The van der Waals surface area contributed by atoms with Crippen molar-refractivity contribution in [2.75, 3.05) is 26.7 Å². The number of piperidine rings is 1. The summed E-state index contributed by atoms with van der Waals surface area (Å²) in [6.45, 7) is 3.17. The lowest BCUT2D eigenvalue weighted by Gasteiger charge is -2.27. The third-order valence-electron chi connectivity index (χ3n) is 2.83. The van der Waals surface area contributed by atoms with E-state index in [0.29, 0.717) is 6.42 Å². The molecule has 1 unspecified atom stereocenters. The molecule has 0 aliphatic carbocycles. The molecule has 0 spiro atoms. The van der Waals surface area contributed by atoms with Gasteiger partial charge in [0.15, 0.2) is 0 Å². The van der Waals surface area contributed by atoms with Crippen molar-refractivity contribution >= 4 is 5.97 Å². The van der Waals surface area contributed by atoms with Gasteiger partial charge in [-0.2, -0.15) is 0 Å². The van der Waals surface area contributed by atoms with Gasteiger partial charge in [0.1, 0.15) is 6.04 Å².